The molecule has 0 aliphatic carbocycles. The van der Waals surface area contributed by atoms with Crippen LogP contribution in [0.2, 0.25) is 5.02 Å². The van der Waals surface area contributed by atoms with Crippen molar-refractivity contribution in [2.75, 3.05) is 26.2 Å². The molecule has 0 radical (unpaired) electrons. The summed E-state index contributed by atoms with van der Waals surface area (Å²) in [7, 11) is 0. The van der Waals surface area contributed by atoms with Crippen LogP contribution < -0.4 is 0 Å². The van der Waals surface area contributed by atoms with E-state index in [4.69, 9.17) is 16.7 Å². The number of halogens is 1. The maximum Gasteiger partial charge on any atom is 0.165 e. The van der Waals surface area contributed by atoms with Crippen molar-refractivity contribution in [2.24, 2.45) is 5.92 Å². The summed E-state index contributed by atoms with van der Waals surface area (Å²) in [4.78, 5) is 14.4. The van der Waals surface area contributed by atoms with Crippen LogP contribution in [0, 0.1) is 5.92 Å². The Morgan fingerprint density at radius 2 is 2.00 bits per heavy atom. The fraction of sp³-hybridized carbons (Fsp3) is 0.533. The molecule has 2 rings (SSSR count). The maximum atomic E-state index is 12.1. The molecule has 1 aliphatic heterocycles. The number of hydrogen-bond donors (Lipinski definition) is 1. The average molecular weight is 282 g/mol. The van der Waals surface area contributed by atoms with Crippen molar-refractivity contribution in [3.63, 3.8) is 0 Å². The van der Waals surface area contributed by atoms with Crippen LogP contribution in [0.5, 0.6) is 0 Å². The summed E-state index contributed by atoms with van der Waals surface area (Å²) in [5, 5.41) is 9.62. The van der Waals surface area contributed by atoms with E-state index in [0.717, 1.165) is 32.5 Å². The Balaban J connectivity index is 1.80. The van der Waals surface area contributed by atoms with Gasteiger partial charge in [-0.3, -0.25) is 4.79 Å². The molecule has 0 aromatic heterocycles. The molecule has 0 unspecified atom stereocenters. The third kappa shape index (κ3) is 4.03. The van der Waals surface area contributed by atoms with Crippen LogP contribution in [0.3, 0.4) is 0 Å². The second kappa shape index (κ2) is 7.04. The largest absolute Gasteiger partial charge is 0.396 e. The molecule has 1 heterocycles. The van der Waals surface area contributed by atoms with Crippen LogP contribution in [-0.2, 0) is 0 Å². The lowest BCUT2D eigenvalue weighted by molar-refractivity contribution is 0.0933. The van der Waals surface area contributed by atoms with E-state index in [1.807, 2.05) is 12.1 Å². The Morgan fingerprint density at radius 3 is 2.63 bits per heavy atom. The van der Waals surface area contributed by atoms with Gasteiger partial charge in [-0.2, -0.15) is 0 Å². The van der Waals surface area contributed by atoms with Crippen molar-refractivity contribution in [2.45, 2.75) is 19.3 Å². The molecule has 4 heteroatoms. The van der Waals surface area contributed by atoms with E-state index in [1.165, 1.54) is 0 Å². The SMILES string of the molecule is O=C(CCN1CCC(CO)CC1)c1ccccc1Cl. The molecule has 1 N–H and O–H groups in total. The number of carbonyl (C=O) groups is 1. The number of nitrogens with zero attached hydrogens (tertiary/aromatic N) is 1. The van der Waals surface area contributed by atoms with E-state index in [9.17, 15) is 4.79 Å². The smallest absolute Gasteiger partial charge is 0.165 e. The Kier molecular flexibility index (Phi) is 5.37. The van der Waals surface area contributed by atoms with Gasteiger partial charge in [0.2, 0.25) is 0 Å². The zero-order valence-electron chi connectivity index (χ0n) is 11.0. The lowest BCUT2D eigenvalue weighted by Gasteiger charge is -2.30. The minimum absolute atomic E-state index is 0.106. The first-order chi connectivity index (χ1) is 9.20. The van der Waals surface area contributed by atoms with Crippen molar-refractivity contribution < 1.29 is 9.90 Å². The predicted molar refractivity (Wildman–Crippen MR) is 76.6 cm³/mol. The first kappa shape index (κ1) is 14.5. The molecule has 3 nitrogen and oxygen atoms in total. The summed E-state index contributed by atoms with van der Waals surface area (Å²) < 4.78 is 0. The minimum atomic E-state index is 0.106. The third-order valence-electron chi connectivity index (χ3n) is 3.79. The number of aliphatic hydroxyl groups is 1. The van der Waals surface area contributed by atoms with E-state index in [2.05, 4.69) is 4.90 Å². The summed E-state index contributed by atoms with van der Waals surface area (Å²) in [5.41, 5.74) is 0.620. The van der Waals surface area contributed by atoms with Crippen LogP contribution in [0.4, 0.5) is 0 Å². The summed E-state index contributed by atoms with van der Waals surface area (Å²) in [6, 6.07) is 7.20. The monoisotopic (exact) mass is 281 g/mol. The standard InChI is InChI=1S/C15H20ClNO2/c16-14-4-2-1-3-13(14)15(19)7-10-17-8-5-12(11-18)6-9-17/h1-4,12,18H,5-11H2. The lowest BCUT2D eigenvalue weighted by Crippen LogP contribution is -2.36. The van der Waals surface area contributed by atoms with Crippen LogP contribution in [-0.4, -0.2) is 42.0 Å². The Hall–Kier alpha value is -0.900. The molecule has 19 heavy (non-hydrogen) atoms. The average Bonchev–Trinajstić information content (AvgIpc) is 2.46. The number of hydrogen-bond acceptors (Lipinski definition) is 3. The molecule has 1 aliphatic rings. The number of carbonyl (C=O) groups excluding carboxylic acids is 1. The quantitative estimate of drug-likeness (QED) is 0.844. The zero-order valence-corrected chi connectivity index (χ0v) is 11.8. The fourth-order valence-electron chi connectivity index (χ4n) is 2.47. The highest BCUT2D eigenvalue weighted by Gasteiger charge is 2.19. The predicted octanol–water partition coefficient (Wildman–Crippen LogP) is 2.62. The van der Waals surface area contributed by atoms with Crippen LogP contribution >= 0.6 is 11.6 Å². The van der Waals surface area contributed by atoms with E-state index >= 15 is 0 Å². The number of likely N-dealkylation sites (tertiary alicyclic amines) is 1. The van der Waals surface area contributed by atoms with Gasteiger partial charge < -0.3 is 10.0 Å². The molecular formula is C15H20ClNO2. The summed E-state index contributed by atoms with van der Waals surface area (Å²) >= 11 is 6.02. The van der Waals surface area contributed by atoms with Crippen molar-refractivity contribution in [1.82, 2.24) is 4.90 Å². The summed E-state index contributed by atoms with van der Waals surface area (Å²) in [5.74, 6) is 0.547. The second-order valence-electron chi connectivity index (χ2n) is 5.12. The van der Waals surface area contributed by atoms with Gasteiger partial charge in [-0.25, -0.2) is 0 Å². The van der Waals surface area contributed by atoms with Gasteiger partial charge in [-0.05, 0) is 44.0 Å². The molecule has 0 spiro atoms. The van der Waals surface area contributed by atoms with Gasteiger partial charge in [0.1, 0.15) is 0 Å². The van der Waals surface area contributed by atoms with Gasteiger partial charge in [0, 0.05) is 25.1 Å². The molecule has 1 saturated heterocycles. The summed E-state index contributed by atoms with van der Waals surface area (Å²) in [6.07, 6.45) is 2.56. The topological polar surface area (TPSA) is 40.5 Å². The molecule has 0 bridgehead atoms. The lowest BCUT2D eigenvalue weighted by atomic mass is 9.97. The van der Waals surface area contributed by atoms with Crippen LogP contribution in [0.25, 0.3) is 0 Å². The molecular weight excluding hydrogens is 262 g/mol. The molecule has 1 aromatic rings. The molecule has 104 valence electrons. The molecule has 0 saturated carbocycles. The molecule has 1 fully saturated rings. The van der Waals surface area contributed by atoms with Crippen molar-refractivity contribution in [3.05, 3.63) is 34.9 Å². The number of aliphatic hydroxyl groups excluding tert-OH is 1. The second-order valence-corrected chi connectivity index (χ2v) is 5.53. The zero-order chi connectivity index (χ0) is 13.7. The number of ketones is 1. The van der Waals surface area contributed by atoms with Crippen molar-refractivity contribution >= 4 is 17.4 Å². The molecule has 0 atom stereocenters. The van der Waals surface area contributed by atoms with Gasteiger partial charge in [0.25, 0.3) is 0 Å². The highest BCUT2D eigenvalue weighted by Crippen LogP contribution is 2.19. The number of Topliss-reactive ketones (excluding diaryl/α,β-unsaturated/α-hetero) is 1. The number of piperidine rings is 1. The van der Waals surface area contributed by atoms with Crippen molar-refractivity contribution in [3.8, 4) is 0 Å². The maximum absolute atomic E-state index is 12.1. The van der Waals surface area contributed by atoms with Gasteiger partial charge in [0.05, 0.1) is 5.02 Å². The van der Waals surface area contributed by atoms with Gasteiger partial charge >= 0.3 is 0 Å². The van der Waals surface area contributed by atoms with Gasteiger partial charge in [-0.15, -0.1) is 0 Å². The Morgan fingerprint density at radius 1 is 1.32 bits per heavy atom. The summed E-state index contributed by atoms with van der Waals surface area (Å²) in [6.45, 7) is 3.01. The van der Waals surface area contributed by atoms with E-state index in [0.29, 0.717) is 22.9 Å². The van der Waals surface area contributed by atoms with E-state index < -0.39 is 0 Å². The van der Waals surface area contributed by atoms with E-state index in [-0.39, 0.29) is 12.4 Å². The normalized spacial score (nSPS) is 17.6. The Labute approximate surface area is 119 Å². The first-order valence-corrected chi connectivity index (χ1v) is 7.19. The third-order valence-corrected chi connectivity index (χ3v) is 4.12. The number of benzene rings is 1. The minimum Gasteiger partial charge on any atom is -0.396 e. The van der Waals surface area contributed by atoms with Gasteiger partial charge in [0.15, 0.2) is 5.78 Å². The van der Waals surface area contributed by atoms with Gasteiger partial charge in [-0.1, -0.05) is 23.7 Å². The number of rotatable bonds is 5. The first-order valence-electron chi connectivity index (χ1n) is 6.81. The van der Waals surface area contributed by atoms with E-state index in [1.54, 1.807) is 12.1 Å². The highest BCUT2D eigenvalue weighted by atomic mass is 35.5. The molecule has 1 aromatic carbocycles. The van der Waals surface area contributed by atoms with Crippen LogP contribution in [0.1, 0.15) is 29.6 Å². The fourth-order valence-corrected chi connectivity index (χ4v) is 2.72. The molecule has 0 amide bonds. The highest BCUT2D eigenvalue weighted by molar-refractivity contribution is 6.33. The van der Waals surface area contributed by atoms with Crippen molar-refractivity contribution in [1.29, 1.82) is 0 Å². The Bertz CT molecular complexity index is 428. The van der Waals surface area contributed by atoms with Crippen LogP contribution in [0.15, 0.2) is 24.3 Å².